The van der Waals surface area contributed by atoms with E-state index in [1.807, 2.05) is 19.1 Å². The highest BCUT2D eigenvalue weighted by atomic mass is 16.1. The molecule has 2 aromatic rings. The van der Waals surface area contributed by atoms with Gasteiger partial charge in [0.1, 0.15) is 5.69 Å². The number of carbonyl (C=O) groups is 1. The molecule has 0 unspecified atom stereocenters. The van der Waals surface area contributed by atoms with Gasteiger partial charge in [-0.1, -0.05) is 0 Å². The molecule has 7 heteroatoms. The molecular formula is C21H28N6O. The van der Waals surface area contributed by atoms with Crippen molar-refractivity contribution in [2.75, 3.05) is 61.4 Å². The largest absolute Gasteiger partial charge is 0.372 e. The number of aryl methyl sites for hydroxylation is 1. The lowest BCUT2D eigenvalue weighted by atomic mass is 10.2. The zero-order valence-electron chi connectivity index (χ0n) is 16.7. The Labute approximate surface area is 166 Å². The molecule has 0 saturated carbocycles. The minimum atomic E-state index is -0.199. The minimum Gasteiger partial charge on any atom is -0.372 e. The summed E-state index contributed by atoms with van der Waals surface area (Å²) in [6.07, 6.45) is 2.50. The second kappa shape index (κ2) is 8.14. The molecular weight excluding hydrogens is 352 g/mol. The normalized spacial score (nSPS) is 17.8. The van der Waals surface area contributed by atoms with E-state index in [9.17, 15) is 4.79 Å². The van der Waals surface area contributed by atoms with Crippen LogP contribution in [0.15, 0.2) is 30.3 Å². The van der Waals surface area contributed by atoms with E-state index >= 15 is 0 Å². The van der Waals surface area contributed by atoms with E-state index in [2.05, 4.69) is 49.2 Å². The van der Waals surface area contributed by atoms with Crippen molar-refractivity contribution in [3.63, 3.8) is 0 Å². The molecule has 1 aromatic carbocycles. The van der Waals surface area contributed by atoms with E-state index in [0.717, 1.165) is 50.6 Å². The van der Waals surface area contributed by atoms with Crippen LogP contribution >= 0.6 is 0 Å². The maximum atomic E-state index is 12.8. The third kappa shape index (κ3) is 4.25. The zero-order chi connectivity index (χ0) is 19.5. The fourth-order valence-electron chi connectivity index (χ4n) is 3.74. The van der Waals surface area contributed by atoms with Gasteiger partial charge in [0.05, 0.1) is 0 Å². The van der Waals surface area contributed by atoms with Crippen LogP contribution in [-0.2, 0) is 0 Å². The van der Waals surface area contributed by atoms with Crippen molar-refractivity contribution >= 4 is 23.2 Å². The van der Waals surface area contributed by atoms with Crippen LogP contribution in [0.4, 0.5) is 17.3 Å². The Bertz CT molecular complexity index is 823. The molecule has 1 aromatic heterocycles. The molecule has 0 spiro atoms. The van der Waals surface area contributed by atoms with E-state index in [1.165, 1.54) is 18.5 Å². The summed E-state index contributed by atoms with van der Waals surface area (Å²) >= 11 is 0. The molecule has 0 bridgehead atoms. The lowest BCUT2D eigenvalue weighted by Crippen LogP contribution is -2.45. The highest BCUT2D eigenvalue weighted by molar-refractivity contribution is 6.03. The first-order valence-electron chi connectivity index (χ1n) is 10.0. The molecule has 0 radical (unpaired) electrons. The molecule has 1 amide bonds. The summed E-state index contributed by atoms with van der Waals surface area (Å²) in [5.41, 5.74) is 3.21. The molecule has 28 heavy (non-hydrogen) atoms. The van der Waals surface area contributed by atoms with Gasteiger partial charge in [-0.25, -0.2) is 9.97 Å². The average Bonchev–Trinajstić information content (AvgIpc) is 3.23. The first kappa shape index (κ1) is 18.7. The van der Waals surface area contributed by atoms with E-state index < -0.39 is 0 Å². The van der Waals surface area contributed by atoms with Crippen LogP contribution in [-0.4, -0.2) is 67.1 Å². The van der Waals surface area contributed by atoms with Crippen molar-refractivity contribution < 1.29 is 4.79 Å². The van der Waals surface area contributed by atoms with Gasteiger partial charge < -0.3 is 20.0 Å². The molecule has 4 rings (SSSR count). The highest BCUT2D eigenvalue weighted by Crippen LogP contribution is 2.22. The van der Waals surface area contributed by atoms with Crippen LogP contribution in [0.3, 0.4) is 0 Å². The maximum Gasteiger partial charge on any atom is 0.274 e. The predicted octanol–water partition coefficient (Wildman–Crippen LogP) is 2.39. The third-order valence-electron chi connectivity index (χ3n) is 5.46. The Morgan fingerprint density at radius 3 is 2.29 bits per heavy atom. The van der Waals surface area contributed by atoms with Crippen molar-refractivity contribution in [1.29, 1.82) is 0 Å². The Balaban J connectivity index is 1.45. The van der Waals surface area contributed by atoms with Gasteiger partial charge in [0.2, 0.25) is 5.95 Å². The first-order valence-corrected chi connectivity index (χ1v) is 10.0. The number of likely N-dealkylation sites (N-methyl/N-ethyl adjacent to an activating group) is 1. The SMILES string of the molecule is Cc1cc(C(=O)Nc2ccc(N3CCCC3)cc2)nc(N2CCN(C)CC2)n1. The van der Waals surface area contributed by atoms with Gasteiger partial charge in [0, 0.05) is 56.3 Å². The monoisotopic (exact) mass is 380 g/mol. The summed E-state index contributed by atoms with van der Waals surface area (Å²) in [6, 6.07) is 9.80. The minimum absolute atomic E-state index is 0.199. The number of amides is 1. The Morgan fingerprint density at radius 1 is 0.929 bits per heavy atom. The van der Waals surface area contributed by atoms with Gasteiger partial charge in [0.25, 0.3) is 5.91 Å². The van der Waals surface area contributed by atoms with Crippen LogP contribution in [0, 0.1) is 6.92 Å². The standard InChI is InChI=1S/C21H28N6O/c1-16-15-19(24-21(22-16)27-13-11-25(2)12-14-27)20(28)23-17-5-7-18(8-6-17)26-9-3-4-10-26/h5-8,15H,3-4,9-14H2,1-2H3,(H,23,28). The second-order valence-electron chi connectivity index (χ2n) is 7.68. The average molecular weight is 380 g/mol. The number of hydrogen-bond donors (Lipinski definition) is 1. The fraction of sp³-hybridized carbons (Fsp3) is 0.476. The van der Waals surface area contributed by atoms with Crippen molar-refractivity contribution in [2.45, 2.75) is 19.8 Å². The molecule has 148 valence electrons. The first-order chi connectivity index (χ1) is 13.6. The number of hydrogen-bond acceptors (Lipinski definition) is 6. The third-order valence-corrected chi connectivity index (χ3v) is 5.46. The van der Waals surface area contributed by atoms with E-state index in [0.29, 0.717) is 11.6 Å². The van der Waals surface area contributed by atoms with Gasteiger partial charge in [-0.2, -0.15) is 0 Å². The number of nitrogens with zero attached hydrogens (tertiary/aromatic N) is 5. The van der Waals surface area contributed by atoms with Crippen molar-refractivity contribution in [1.82, 2.24) is 14.9 Å². The topological polar surface area (TPSA) is 64.6 Å². The van der Waals surface area contributed by atoms with E-state index in [1.54, 1.807) is 6.07 Å². The summed E-state index contributed by atoms with van der Waals surface area (Å²) in [6.45, 7) is 7.83. The quantitative estimate of drug-likeness (QED) is 0.879. The smallest absolute Gasteiger partial charge is 0.274 e. The van der Waals surface area contributed by atoms with Gasteiger partial charge in [-0.15, -0.1) is 0 Å². The summed E-state index contributed by atoms with van der Waals surface area (Å²) in [4.78, 5) is 28.6. The molecule has 2 fully saturated rings. The number of carbonyl (C=O) groups excluding carboxylic acids is 1. The molecule has 1 N–H and O–H groups in total. The molecule has 2 aliphatic heterocycles. The fourth-order valence-corrected chi connectivity index (χ4v) is 3.74. The van der Waals surface area contributed by atoms with E-state index in [-0.39, 0.29) is 5.91 Å². The molecule has 2 saturated heterocycles. The molecule has 3 heterocycles. The Hall–Kier alpha value is -2.67. The van der Waals surface area contributed by atoms with Crippen molar-refractivity contribution in [3.05, 3.63) is 41.7 Å². The molecule has 0 atom stereocenters. The second-order valence-corrected chi connectivity index (χ2v) is 7.68. The molecule has 7 nitrogen and oxygen atoms in total. The lowest BCUT2D eigenvalue weighted by Gasteiger charge is -2.32. The summed E-state index contributed by atoms with van der Waals surface area (Å²) < 4.78 is 0. The molecule has 2 aliphatic rings. The van der Waals surface area contributed by atoms with Crippen LogP contribution < -0.4 is 15.1 Å². The number of piperazine rings is 1. The summed E-state index contributed by atoms with van der Waals surface area (Å²) in [7, 11) is 2.11. The number of benzene rings is 1. The highest BCUT2D eigenvalue weighted by Gasteiger charge is 2.19. The van der Waals surface area contributed by atoms with Crippen molar-refractivity contribution in [2.24, 2.45) is 0 Å². The van der Waals surface area contributed by atoms with Gasteiger partial charge in [-0.3, -0.25) is 4.79 Å². The van der Waals surface area contributed by atoms with E-state index in [4.69, 9.17) is 0 Å². The van der Waals surface area contributed by atoms with Gasteiger partial charge >= 0.3 is 0 Å². The summed E-state index contributed by atoms with van der Waals surface area (Å²) in [5.74, 6) is 0.442. The molecule has 0 aliphatic carbocycles. The van der Waals surface area contributed by atoms with Crippen LogP contribution in [0.25, 0.3) is 0 Å². The van der Waals surface area contributed by atoms with Gasteiger partial charge in [-0.05, 0) is 57.1 Å². The predicted molar refractivity (Wildman–Crippen MR) is 112 cm³/mol. The number of nitrogens with one attached hydrogen (secondary N) is 1. The van der Waals surface area contributed by atoms with Crippen LogP contribution in [0.1, 0.15) is 29.0 Å². The maximum absolute atomic E-state index is 12.8. The zero-order valence-corrected chi connectivity index (χ0v) is 16.7. The van der Waals surface area contributed by atoms with Crippen LogP contribution in [0.5, 0.6) is 0 Å². The number of anilines is 3. The number of aromatic nitrogens is 2. The van der Waals surface area contributed by atoms with Crippen molar-refractivity contribution in [3.8, 4) is 0 Å². The Morgan fingerprint density at radius 2 is 1.61 bits per heavy atom. The van der Waals surface area contributed by atoms with Crippen LogP contribution in [0.2, 0.25) is 0 Å². The number of rotatable bonds is 4. The Kier molecular flexibility index (Phi) is 5.43. The van der Waals surface area contributed by atoms with Gasteiger partial charge in [0.15, 0.2) is 0 Å². The lowest BCUT2D eigenvalue weighted by molar-refractivity contribution is 0.102. The summed E-state index contributed by atoms with van der Waals surface area (Å²) in [5, 5.41) is 2.97.